The Hall–Kier alpha value is -1.87. The third-order valence-corrected chi connectivity index (χ3v) is 3.24. The molecule has 0 radical (unpaired) electrons. The number of hydrogen-bond acceptors (Lipinski definition) is 3. The van der Waals surface area contributed by atoms with Gasteiger partial charge in [-0.1, -0.05) is 47.2 Å². The highest BCUT2D eigenvalue weighted by Gasteiger charge is 2.25. The first kappa shape index (κ1) is 11.2. The summed E-state index contributed by atoms with van der Waals surface area (Å²) in [6, 6.07) is 18.1. The highest BCUT2D eigenvalue weighted by molar-refractivity contribution is 6.30. The van der Waals surface area contributed by atoms with Crippen LogP contribution in [0.15, 0.2) is 64.9 Å². The van der Waals surface area contributed by atoms with Crippen LogP contribution in [0.2, 0.25) is 5.02 Å². The van der Waals surface area contributed by atoms with E-state index in [4.69, 9.17) is 11.6 Å². The maximum Gasteiger partial charge on any atom is 0.101 e. The van der Waals surface area contributed by atoms with Crippen LogP contribution < -0.4 is 5.01 Å². The van der Waals surface area contributed by atoms with Gasteiger partial charge < -0.3 is 0 Å². The number of rotatable bonds is 2. The predicted octanol–water partition coefficient (Wildman–Crippen LogP) is 4.27. The molecule has 1 atom stereocenters. The predicted molar refractivity (Wildman–Crippen MR) is 72.8 cm³/mol. The van der Waals surface area contributed by atoms with E-state index < -0.39 is 0 Å². The summed E-state index contributed by atoms with van der Waals surface area (Å²) < 4.78 is 0. The SMILES string of the molecule is Clc1ccc(N2N=NCC2c2ccccc2)cc1. The van der Waals surface area contributed by atoms with E-state index in [1.165, 1.54) is 5.56 Å². The molecule has 0 aliphatic carbocycles. The lowest BCUT2D eigenvalue weighted by Gasteiger charge is -2.22. The fraction of sp³-hybridized carbons (Fsp3) is 0.143. The van der Waals surface area contributed by atoms with Crippen LogP contribution in [-0.4, -0.2) is 6.54 Å². The van der Waals surface area contributed by atoms with E-state index in [1.54, 1.807) is 0 Å². The van der Waals surface area contributed by atoms with Crippen LogP contribution in [0.1, 0.15) is 11.6 Å². The van der Waals surface area contributed by atoms with Gasteiger partial charge in [0.2, 0.25) is 0 Å². The number of benzene rings is 2. The second kappa shape index (κ2) is 4.78. The zero-order chi connectivity index (χ0) is 12.4. The van der Waals surface area contributed by atoms with Crippen molar-refractivity contribution >= 4 is 17.3 Å². The van der Waals surface area contributed by atoms with Gasteiger partial charge in [0, 0.05) is 5.02 Å². The molecule has 1 heterocycles. The summed E-state index contributed by atoms with van der Waals surface area (Å²) in [6.07, 6.45) is 0. The van der Waals surface area contributed by atoms with Crippen molar-refractivity contribution in [3.63, 3.8) is 0 Å². The molecule has 1 aliphatic rings. The monoisotopic (exact) mass is 257 g/mol. The minimum absolute atomic E-state index is 0.173. The summed E-state index contributed by atoms with van der Waals surface area (Å²) >= 11 is 5.90. The van der Waals surface area contributed by atoms with Crippen LogP contribution in [0.25, 0.3) is 0 Å². The van der Waals surface area contributed by atoms with Gasteiger partial charge in [0.1, 0.15) is 6.04 Å². The average Bonchev–Trinajstić information content (AvgIpc) is 2.90. The number of nitrogens with zero attached hydrogens (tertiary/aromatic N) is 3. The largest absolute Gasteiger partial charge is 0.238 e. The molecule has 90 valence electrons. The van der Waals surface area contributed by atoms with E-state index in [2.05, 4.69) is 22.5 Å². The second-order valence-corrected chi connectivity index (χ2v) is 4.60. The highest BCUT2D eigenvalue weighted by Crippen LogP contribution is 2.32. The lowest BCUT2D eigenvalue weighted by Crippen LogP contribution is -2.20. The topological polar surface area (TPSA) is 28.0 Å². The van der Waals surface area contributed by atoms with E-state index in [-0.39, 0.29) is 6.04 Å². The van der Waals surface area contributed by atoms with Gasteiger partial charge in [0.25, 0.3) is 0 Å². The van der Waals surface area contributed by atoms with Crippen LogP contribution in [0.3, 0.4) is 0 Å². The maximum atomic E-state index is 5.90. The van der Waals surface area contributed by atoms with Crippen LogP contribution >= 0.6 is 11.6 Å². The van der Waals surface area contributed by atoms with Crippen molar-refractivity contribution in [1.29, 1.82) is 0 Å². The van der Waals surface area contributed by atoms with E-state index in [1.807, 2.05) is 47.5 Å². The Kier molecular flexibility index (Phi) is 2.99. The molecule has 0 saturated heterocycles. The fourth-order valence-corrected chi connectivity index (χ4v) is 2.19. The lowest BCUT2D eigenvalue weighted by molar-refractivity contribution is 0.732. The zero-order valence-corrected chi connectivity index (χ0v) is 10.5. The molecule has 3 nitrogen and oxygen atoms in total. The Labute approximate surface area is 111 Å². The molecule has 0 saturated carbocycles. The zero-order valence-electron chi connectivity index (χ0n) is 9.70. The van der Waals surface area contributed by atoms with Crippen LogP contribution in [0.5, 0.6) is 0 Å². The first-order chi connectivity index (χ1) is 8.84. The smallest absolute Gasteiger partial charge is 0.101 e. The minimum atomic E-state index is 0.173. The Balaban J connectivity index is 1.91. The van der Waals surface area contributed by atoms with E-state index in [0.29, 0.717) is 6.54 Å². The molecule has 1 unspecified atom stereocenters. The van der Waals surface area contributed by atoms with Crippen molar-refractivity contribution in [1.82, 2.24) is 0 Å². The molecular weight excluding hydrogens is 246 g/mol. The van der Waals surface area contributed by atoms with Crippen molar-refractivity contribution in [3.05, 3.63) is 65.2 Å². The first-order valence-electron chi connectivity index (χ1n) is 5.82. The first-order valence-corrected chi connectivity index (χ1v) is 6.19. The number of anilines is 1. The van der Waals surface area contributed by atoms with E-state index >= 15 is 0 Å². The van der Waals surface area contributed by atoms with E-state index in [0.717, 1.165) is 10.7 Å². The van der Waals surface area contributed by atoms with Crippen LogP contribution in [0, 0.1) is 0 Å². The van der Waals surface area contributed by atoms with Crippen molar-refractivity contribution in [2.45, 2.75) is 6.04 Å². The molecule has 2 aromatic rings. The Morgan fingerprint density at radius 3 is 2.44 bits per heavy atom. The molecule has 0 bridgehead atoms. The standard InChI is InChI=1S/C14H12ClN3/c15-12-6-8-13(9-7-12)18-14(10-16-17-18)11-4-2-1-3-5-11/h1-9,14H,10H2. The number of halogens is 1. The Morgan fingerprint density at radius 1 is 1.00 bits per heavy atom. The van der Waals surface area contributed by atoms with Crippen LogP contribution in [0.4, 0.5) is 5.69 Å². The molecule has 0 aromatic heterocycles. The summed E-state index contributed by atoms with van der Waals surface area (Å²) in [7, 11) is 0. The van der Waals surface area contributed by atoms with Gasteiger partial charge in [-0.25, -0.2) is 5.01 Å². The van der Waals surface area contributed by atoms with Gasteiger partial charge in [-0.15, -0.1) is 0 Å². The van der Waals surface area contributed by atoms with Crippen molar-refractivity contribution in [2.24, 2.45) is 10.3 Å². The maximum absolute atomic E-state index is 5.90. The summed E-state index contributed by atoms with van der Waals surface area (Å²) in [5, 5.41) is 11.0. The molecule has 0 N–H and O–H groups in total. The van der Waals surface area contributed by atoms with Gasteiger partial charge in [-0.3, -0.25) is 0 Å². The number of hydrogen-bond donors (Lipinski definition) is 0. The summed E-state index contributed by atoms with van der Waals surface area (Å²) in [4.78, 5) is 0. The van der Waals surface area contributed by atoms with Gasteiger partial charge in [0.15, 0.2) is 0 Å². The molecular formula is C14H12ClN3. The van der Waals surface area contributed by atoms with Gasteiger partial charge in [-0.05, 0) is 29.8 Å². The van der Waals surface area contributed by atoms with Crippen LogP contribution in [-0.2, 0) is 0 Å². The molecule has 0 amide bonds. The summed E-state index contributed by atoms with van der Waals surface area (Å²) in [5.74, 6) is 0. The Morgan fingerprint density at radius 2 is 1.72 bits per heavy atom. The summed E-state index contributed by atoms with van der Waals surface area (Å²) in [6.45, 7) is 0.687. The third-order valence-electron chi connectivity index (χ3n) is 2.98. The molecule has 0 spiro atoms. The minimum Gasteiger partial charge on any atom is -0.238 e. The third kappa shape index (κ3) is 2.09. The van der Waals surface area contributed by atoms with Crippen molar-refractivity contribution in [3.8, 4) is 0 Å². The normalized spacial score (nSPS) is 18.3. The van der Waals surface area contributed by atoms with E-state index in [9.17, 15) is 0 Å². The molecule has 4 heteroatoms. The van der Waals surface area contributed by atoms with Gasteiger partial charge >= 0.3 is 0 Å². The molecule has 0 fully saturated rings. The van der Waals surface area contributed by atoms with Crippen molar-refractivity contribution < 1.29 is 0 Å². The lowest BCUT2D eigenvalue weighted by atomic mass is 10.1. The summed E-state index contributed by atoms with van der Waals surface area (Å²) in [5.41, 5.74) is 2.23. The molecule has 3 rings (SSSR count). The molecule has 2 aromatic carbocycles. The quantitative estimate of drug-likeness (QED) is 0.790. The highest BCUT2D eigenvalue weighted by atomic mass is 35.5. The fourth-order valence-electron chi connectivity index (χ4n) is 2.07. The Bertz CT molecular complexity index is 551. The van der Waals surface area contributed by atoms with Gasteiger partial charge in [-0.2, -0.15) is 5.11 Å². The van der Waals surface area contributed by atoms with Gasteiger partial charge in [0.05, 0.1) is 12.2 Å². The van der Waals surface area contributed by atoms with Crippen molar-refractivity contribution in [2.75, 3.05) is 11.6 Å². The molecule has 1 aliphatic heterocycles. The second-order valence-electron chi connectivity index (χ2n) is 4.16. The average molecular weight is 258 g/mol. The molecule has 18 heavy (non-hydrogen) atoms.